The van der Waals surface area contributed by atoms with Crippen molar-refractivity contribution in [1.82, 2.24) is 5.32 Å². The lowest BCUT2D eigenvalue weighted by atomic mass is 10.0. The first-order chi connectivity index (χ1) is 7.29. The van der Waals surface area contributed by atoms with E-state index in [-0.39, 0.29) is 5.60 Å². The molecule has 2 nitrogen and oxygen atoms in total. The highest BCUT2D eigenvalue weighted by molar-refractivity contribution is 4.84. The summed E-state index contributed by atoms with van der Waals surface area (Å²) in [6, 6.07) is 0.758. The summed E-state index contributed by atoms with van der Waals surface area (Å²) in [5.74, 6) is 0. The molecule has 0 spiro atoms. The molecule has 1 aliphatic heterocycles. The van der Waals surface area contributed by atoms with Crippen molar-refractivity contribution < 1.29 is 4.74 Å². The van der Waals surface area contributed by atoms with Gasteiger partial charge in [-0.25, -0.2) is 0 Å². The molecule has 1 saturated heterocycles. The molecule has 0 amide bonds. The fourth-order valence-corrected chi connectivity index (χ4v) is 2.82. The van der Waals surface area contributed by atoms with E-state index in [1.165, 1.54) is 51.4 Å². The van der Waals surface area contributed by atoms with Crippen molar-refractivity contribution in [2.75, 3.05) is 13.2 Å². The van der Waals surface area contributed by atoms with E-state index in [2.05, 4.69) is 12.2 Å². The molecule has 1 atom stereocenters. The predicted octanol–water partition coefficient (Wildman–Crippen LogP) is 2.87. The second-order valence-electron chi connectivity index (χ2n) is 5.47. The predicted molar refractivity (Wildman–Crippen MR) is 63.1 cm³/mol. The van der Waals surface area contributed by atoms with Gasteiger partial charge in [0.1, 0.15) is 0 Å². The Morgan fingerprint density at radius 2 is 1.87 bits per heavy atom. The highest BCUT2D eigenvalue weighted by atomic mass is 16.5. The van der Waals surface area contributed by atoms with E-state index >= 15 is 0 Å². The fraction of sp³-hybridized carbons (Fsp3) is 1.00. The van der Waals surface area contributed by atoms with Gasteiger partial charge in [-0.15, -0.1) is 0 Å². The Kier molecular flexibility index (Phi) is 4.04. The van der Waals surface area contributed by atoms with Crippen LogP contribution in [-0.4, -0.2) is 24.8 Å². The summed E-state index contributed by atoms with van der Waals surface area (Å²) >= 11 is 0. The number of hydrogen-bond donors (Lipinski definition) is 1. The van der Waals surface area contributed by atoms with Gasteiger partial charge in [-0.05, 0) is 32.6 Å². The van der Waals surface area contributed by atoms with Crippen molar-refractivity contribution in [3.05, 3.63) is 0 Å². The molecule has 0 radical (unpaired) electrons. The molecule has 0 aromatic carbocycles. The first kappa shape index (κ1) is 11.4. The summed E-state index contributed by atoms with van der Waals surface area (Å²) in [5.41, 5.74) is 0.131. The molecular formula is C13H25NO. The number of ether oxygens (including phenoxy) is 1. The minimum Gasteiger partial charge on any atom is -0.374 e. The molecule has 88 valence electrons. The normalized spacial score (nSPS) is 34.2. The molecule has 2 heteroatoms. The van der Waals surface area contributed by atoms with Gasteiger partial charge in [0.2, 0.25) is 0 Å². The van der Waals surface area contributed by atoms with Gasteiger partial charge in [-0.3, -0.25) is 0 Å². The Morgan fingerprint density at radius 1 is 1.13 bits per heavy atom. The van der Waals surface area contributed by atoms with Gasteiger partial charge in [0, 0.05) is 19.2 Å². The topological polar surface area (TPSA) is 21.3 Å². The molecule has 1 heterocycles. The largest absolute Gasteiger partial charge is 0.374 e. The van der Waals surface area contributed by atoms with Crippen LogP contribution >= 0.6 is 0 Å². The van der Waals surface area contributed by atoms with E-state index in [9.17, 15) is 0 Å². The molecule has 1 unspecified atom stereocenters. The number of hydrogen-bond acceptors (Lipinski definition) is 2. The minimum absolute atomic E-state index is 0.131. The molecule has 1 N–H and O–H groups in total. The highest BCUT2D eigenvalue weighted by Gasteiger charge is 2.30. The Hall–Kier alpha value is -0.0800. The van der Waals surface area contributed by atoms with E-state index in [4.69, 9.17) is 4.74 Å². The molecule has 0 bridgehead atoms. The van der Waals surface area contributed by atoms with Gasteiger partial charge < -0.3 is 10.1 Å². The minimum atomic E-state index is 0.131. The van der Waals surface area contributed by atoms with Crippen LogP contribution in [0.15, 0.2) is 0 Å². The standard InChI is InChI=1S/C13H25NO/c1-13(9-6-10-15-13)11-14-12-7-4-2-3-5-8-12/h12,14H,2-11H2,1H3. The summed E-state index contributed by atoms with van der Waals surface area (Å²) in [6.07, 6.45) is 10.9. The zero-order valence-electron chi connectivity index (χ0n) is 10.1. The number of nitrogens with one attached hydrogen (secondary N) is 1. The molecule has 1 aliphatic carbocycles. The lowest BCUT2D eigenvalue weighted by Gasteiger charge is -2.27. The van der Waals surface area contributed by atoms with Crippen molar-refractivity contribution in [3.63, 3.8) is 0 Å². The van der Waals surface area contributed by atoms with Crippen molar-refractivity contribution in [2.45, 2.75) is 69.9 Å². The Morgan fingerprint density at radius 3 is 2.47 bits per heavy atom. The van der Waals surface area contributed by atoms with Gasteiger partial charge in [-0.2, -0.15) is 0 Å². The zero-order chi connectivity index (χ0) is 10.6. The third-order valence-corrected chi connectivity index (χ3v) is 3.92. The van der Waals surface area contributed by atoms with Crippen LogP contribution in [0.4, 0.5) is 0 Å². The van der Waals surface area contributed by atoms with Crippen molar-refractivity contribution >= 4 is 0 Å². The summed E-state index contributed by atoms with van der Waals surface area (Å²) in [5, 5.41) is 3.72. The van der Waals surface area contributed by atoms with Crippen molar-refractivity contribution in [2.24, 2.45) is 0 Å². The molecular weight excluding hydrogens is 186 g/mol. The van der Waals surface area contributed by atoms with Crippen LogP contribution in [0.25, 0.3) is 0 Å². The first-order valence-electron chi connectivity index (χ1n) is 6.66. The fourth-order valence-electron chi connectivity index (χ4n) is 2.82. The molecule has 2 rings (SSSR count). The lowest BCUT2D eigenvalue weighted by Crippen LogP contribution is -2.42. The molecule has 15 heavy (non-hydrogen) atoms. The molecule has 1 saturated carbocycles. The maximum atomic E-state index is 5.80. The third-order valence-electron chi connectivity index (χ3n) is 3.92. The van der Waals surface area contributed by atoms with Gasteiger partial charge in [0.15, 0.2) is 0 Å². The van der Waals surface area contributed by atoms with E-state index in [0.29, 0.717) is 0 Å². The monoisotopic (exact) mass is 211 g/mol. The first-order valence-corrected chi connectivity index (χ1v) is 6.66. The number of rotatable bonds is 3. The van der Waals surface area contributed by atoms with E-state index in [0.717, 1.165) is 19.2 Å². The molecule has 0 aromatic heterocycles. The summed E-state index contributed by atoms with van der Waals surface area (Å²) in [7, 11) is 0. The second-order valence-corrected chi connectivity index (χ2v) is 5.47. The summed E-state index contributed by atoms with van der Waals surface area (Å²) in [6.45, 7) is 4.27. The quantitative estimate of drug-likeness (QED) is 0.725. The maximum absolute atomic E-state index is 5.80. The Labute approximate surface area is 93.8 Å². The van der Waals surface area contributed by atoms with Crippen LogP contribution in [0.5, 0.6) is 0 Å². The van der Waals surface area contributed by atoms with Crippen LogP contribution in [0.1, 0.15) is 58.3 Å². The Bertz CT molecular complexity index is 179. The van der Waals surface area contributed by atoms with Gasteiger partial charge in [-0.1, -0.05) is 25.7 Å². The smallest absolute Gasteiger partial charge is 0.0779 e. The lowest BCUT2D eigenvalue weighted by molar-refractivity contribution is 0.0184. The SMILES string of the molecule is CC1(CNC2CCCCCC2)CCCO1. The second kappa shape index (κ2) is 5.31. The van der Waals surface area contributed by atoms with E-state index in [1.54, 1.807) is 0 Å². The molecule has 2 aliphatic rings. The van der Waals surface area contributed by atoms with Crippen LogP contribution in [0.2, 0.25) is 0 Å². The van der Waals surface area contributed by atoms with Crippen molar-refractivity contribution in [1.29, 1.82) is 0 Å². The van der Waals surface area contributed by atoms with Crippen LogP contribution in [0.3, 0.4) is 0 Å². The van der Waals surface area contributed by atoms with Crippen LogP contribution in [0, 0.1) is 0 Å². The Balaban J connectivity index is 1.71. The maximum Gasteiger partial charge on any atom is 0.0779 e. The van der Waals surface area contributed by atoms with Gasteiger partial charge in [0.25, 0.3) is 0 Å². The van der Waals surface area contributed by atoms with Crippen molar-refractivity contribution in [3.8, 4) is 0 Å². The average molecular weight is 211 g/mol. The van der Waals surface area contributed by atoms with Crippen LogP contribution in [-0.2, 0) is 4.74 Å². The summed E-state index contributed by atoms with van der Waals surface area (Å²) < 4.78 is 5.80. The third kappa shape index (κ3) is 3.46. The molecule has 0 aromatic rings. The van der Waals surface area contributed by atoms with E-state index < -0.39 is 0 Å². The zero-order valence-corrected chi connectivity index (χ0v) is 10.1. The van der Waals surface area contributed by atoms with Gasteiger partial charge >= 0.3 is 0 Å². The molecule has 2 fully saturated rings. The highest BCUT2D eigenvalue weighted by Crippen LogP contribution is 2.25. The van der Waals surface area contributed by atoms with Gasteiger partial charge in [0.05, 0.1) is 5.60 Å². The van der Waals surface area contributed by atoms with E-state index in [1.807, 2.05) is 0 Å². The summed E-state index contributed by atoms with van der Waals surface area (Å²) in [4.78, 5) is 0. The van der Waals surface area contributed by atoms with Crippen LogP contribution < -0.4 is 5.32 Å². The average Bonchev–Trinajstić information content (AvgIpc) is 2.53.